The van der Waals surface area contributed by atoms with Crippen LogP contribution in [0.3, 0.4) is 0 Å². The van der Waals surface area contributed by atoms with Crippen LogP contribution < -0.4 is 15.2 Å². The monoisotopic (exact) mass is 415 g/mol. The maximum Gasteiger partial charge on any atom is 0.307 e. The minimum atomic E-state index is -0.626. The molecule has 30 heavy (non-hydrogen) atoms. The van der Waals surface area contributed by atoms with Crippen LogP contribution in [0, 0.1) is 0 Å². The van der Waals surface area contributed by atoms with Gasteiger partial charge in [-0.3, -0.25) is 19.4 Å². The SMILES string of the molecule is CCOC(=O)CCN(Cc1cccnc1)C(=O)c1ccc(OCC(N)=O)c(OC)c1. The van der Waals surface area contributed by atoms with E-state index < -0.39 is 5.91 Å². The third kappa shape index (κ3) is 6.77. The molecule has 0 bridgehead atoms. The number of benzene rings is 1. The van der Waals surface area contributed by atoms with E-state index in [1.54, 1.807) is 31.5 Å². The van der Waals surface area contributed by atoms with Crippen LogP contribution in [-0.2, 0) is 20.9 Å². The Bertz CT molecular complexity index is 872. The molecule has 0 aliphatic rings. The summed E-state index contributed by atoms with van der Waals surface area (Å²) in [4.78, 5) is 41.5. The van der Waals surface area contributed by atoms with Crippen molar-refractivity contribution in [3.05, 3.63) is 53.9 Å². The van der Waals surface area contributed by atoms with Gasteiger partial charge in [-0.05, 0) is 36.8 Å². The van der Waals surface area contributed by atoms with E-state index in [1.165, 1.54) is 24.1 Å². The summed E-state index contributed by atoms with van der Waals surface area (Å²) in [6.07, 6.45) is 3.37. The zero-order valence-corrected chi connectivity index (χ0v) is 17.0. The molecule has 0 aliphatic carbocycles. The predicted octanol–water partition coefficient (Wildman–Crippen LogP) is 1.55. The van der Waals surface area contributed by atoms with E-state index in [1.807, 2.05) is 6.07 Å². The van der Waals surface area contributed by atoms with Gasteiger partial charge in [0.1, 0.15) is 0 Å². The molecule has 2 rings (SSSR count). The van der Waals surface area contributed by atoms with E-state index in [0.717, 1.165) is 5.56 Å². The highest BCUT2D eigenvalue weighted by Gasteiger charge is 2.20. The first-order chi connectivity index (χ1) is 14.4. The lowest BCUT2D eigenvalue weighted by Crippen LogP contribution is -2.33. The Morgan fingerprint density at radius 1 is 1.17 bits per heavy atom. The second-order valence-corrected chi connectivity index (χ2v) is 6.26. The summed E-state index contributed by atoms with van der Waals surface area (Å²) in [6, 6.07) is 8.22. The number of pyridine rings is 1. The number of hydrogen-bond donors (Lipinski definition) is 1. The molecule has 0 radical (unpaired) electrons. The lowest BCUT2D eigenvalue weighted by Gasteiger charge is -2.23. The largest absolute Gasteiger partial charge is 0.493 e. The van der Waals surface area contributed by atoms with E-state index in [4.69, 9.17) is 19.9 Å². The van der Waals surface area contributed by atoms with Gasteiger partial charge in [-0.2, -0.15) is 0 Å². The minimum absolute atomic E-state index is 0.0663. The molecular formula is C21H25N3O6. The fraction of sp³-hybridized carbons (Fsp3) is 0.333. The van der Waals surface area contributed by atoms with Gasteiger partial charge in [0.05, 0.1) is 20.1 Å². The molecule has 0 fully saturated rings. The number of aromatic nitrogens is 1. The zero-order chi connectivity index (χ0) is 21.9. The molecular weight excluding hydrogens is 390 g/mol. The Morgan fingerprint density at radius 2 is 1.97 bits per heavy atom. The van der Waals surface area contributed by atoms with Crippen LogP contribution in [0.2, 0.25) is 0 Å². The number of amides is 2. The van der Waals surface area contributed by atoms with Crippen molar-refractivity contribution >= 4 is 17.8 Å². The fourth-order valence-electron chi connectivity index (χ4n) is 2.68. The molecule has 1 aromatic carbocycles. The van der Waals surface area contributed by atoms with Crippen molar-refractivity contribution in [2.24, 2.45) is 5.73 Å². The molecule has 0 unspecified atom stereocenters. The number of ether oxygens (including phenoxy) is 3. The van der Waals surface area contributed by atoms with E-state index in [-0.39, 0.29) is 56.1 Å². The number of nitrogens with two attached hydrogens (primary N) is 1. The van der Waals surface area contributed by atoms with Gasteiger partial charge < -0.3 is 24.8 Å². The van der Waals surface area contributed by atoms with Crippen molar-refractivity contribution in [3.8, 4) is 11.5 Å². The summed E-state index contributed by atoms with van der Waals surface area (Å²) in [5.41, 5.74) is 6.26. The van der Waals surface area contributed by atoms with Crippen LogP contribution in [0.25, 0.3) is 0 Å². The van der Waals surface area contributed by atoms with Crippen molar-refractivity contribution in [2.45, 2.75) is 19.9 Å². The number of rotatable bonds is 11. The Morgan fingerprint density at radius 3 is 2.60 bits per heavy atom. The van der Waals surface area contributed by atoms with Crippen molar-refractivity contribution < 1.29 is 28.6 Å². The first-order valence-electron chi connectivity index (χ1n) is 9.37. The minimum Gasteiger partial charge on any atom is -0.493 e. The second-order valence-electron chi connectivity index (χ2n) is 6.26. The van der Waals surface area contributed by atoms with Crippen LogP contribution in [0.15, 0.2) is 42.7 Å². The first-order valence-corrected chi connectivity index (χ1v) is 9.37. The van der Waals surface area contributed by atoms with Crippen LogP contribution in [0.5, 0.6) is 11.5 Å². The van der Waals surface area contributed by atoms with Crippen molar-refractivity contribution in [3.63, 3.8) is 0 Å². The van der Waals surface area contributed by atoms with Crippen molar-refractivity contribution in [1.29, 1.82) is 0 Å². The summed E-state index contributed by atoms with van der Waals surface area (Å²) >= 11 is 0. The van der Waals surface area contributed by atoms with Crippen LogP contribution in [-0.4, -0.2) is 54.5 Å². The summed E-state index contributed by atoms with van der Waals surface area (Å²) in [6.45, 7) is 2.14. The van der Waals surface area contributed by atoms with E-state index in [0.29, 0.717) is 5.56 Å². The van der Waals surface area contributed by atoms with Gasteiger partial charge in [-0.25, -0.2) is 0 Å². The van der Waals surface area contributed by atoms with E-state index in [9.17, 15) is 14.4 Å². The Labute approximate surface area is 174 Å². The number of nitrogens with zero attached hydrogens (tertiary/aromatic N) is 2. The highest BCUT2D eigenvalue weighted by atomic mass is 16.5. The molecule has 0 atom stereocenters. The second kappa shape index (κ2) is 11.4. The Kier molecular flexibility index (Phi) is 8.61. The molecule has 2 N–H and O–H groups in total. The third-order valence-corrected chi connectivity index (χ3v) is 4.06. The maximum atomic E-state index is 13.1. The van der Waals surface area contributed by atoms with E-state index >= 15 is 0 Å². The molecule has 0 spiro atoms. The lowest BCUT2D eigenvalue weighted by molar-refractivity contribution is -0.143. The van der Waals surface area contributed by atoms with Gasteiger partial charge in [-0.1, -0.05) is 6.07 Å². The number of carbonyl (C=O) groups is 3. The smallest absolute Gasteiger partial charge is 0.307 e. The summed E-state index contributed by atoms with van der Waals surface area (Å²) in [7, 11) is 1.43. The van der Waals surface area contributed by atoms with Gasteiger partial charge in [0.2, 0.25) is 0 Å². The van der Waals surface area contributed by atoms with Gasteiger partial charge in [0, 0.05) is 31.0 Å². The summed E-state index contributed by atoms with van der Waals surface area (Å²) in [5.74, 6) is -0.733. The molecule has 9 nitrogen and oxygen atoms in total. The first kappa shape index (κ1) is 22.7. The molecule has 2 amide bonds. The maximum absolute atomic E-state index is 13.1. The fourth-order valence-corrected chi connectivity index (χ4v) is 2.68. The highest BCUT2D eigenvalue weighted by Crippen LogP contribution is 2.28. The standard InChI is InChI=1S/C21H25N3O6/c1-3-29-20(26)8-10-24(13-15-5-4-9-23-12-15)21(27)16-6-7-17(18(11-16)28-2)30-14-19(22)25/h4-7,9,11-12H,3,8,10,13-14H2,1-2H3,(H2,22,25). The summed E-state index contributed by atoms with van der Waals surface area (Å²) in [5, 5.41) is 0. The Balaban J connectivity index is 2.22. The average molecular weight is 415 g/mol. The van der Waals surface area contributed by atoms with Crippen LogP contribution >= 0.6 is 0 Å². The highest BCUT2D eigenvalue weighted by molar-refractivity contribution is 5.95. The molecule has 1 heterocycles. The number of esters is 1. The van der Waals surface area contributed by atoms with E-state index in [2.05, 4.69) is 4.98 Å². The number of primary amides is 1. The predicted molar refractivity (Wildman–Crippen MR) is 108 cm³/mol. The van der Waals surface area contributed by atoms with Gasteiger partial charge in [0.15, 0.2) is 18.1 Å². The normalized spacial score (nSPS) is 10.2. The van der Waals surface area contributed by atoms with Crippen LogP contribution in [0.1, 0.15) is 29.3 Å². The molecule has 160 valence electrons. The number of methoxy groups -OCH3 is 1. The molecule has 1 aromatic heterocycles. The molecule has 0 saturated heterocycles. The van der Waals surface area contributed by atoms with Gasteiger partial charge in [-0.15, -0.1) is 0 Å². The molecule has 2 aromatic rings. The molecule has 0 saturated carbocycles. The summed E-state index contributed by atoms with van der Waals surface area (Å²) < 4.78 is 15.5. The lowest BCUT2D eigenvalue weighted by atomic mass is 10.1. The average Bonchev–Trinajstić information content (AvgIpc) is 2.75. The van der Waals surface area contributed by atoms with Crippen LogP contribution in [0.4, 0.5) is 0 Å². The molecule has 0 aliphatic heterocycles. The number of hydrogen-bond acceptors (Lipinski definition) is 7. The molecule has 9 heteroatoms. The van der Waals surface area contributed by atoms with Crippen molar-refractivity contribution in [1.82, 2.24) is 9.88 Å². The van der Waals surface area contributed by atoms with Gasteiger partial charge >= 0.3 is 5.97 Å². The number of carbonyl (C=O) groups excluding carboxylic acids is 3. The third-order valence-electron chi connectivity index (χ3n) is 4.06. The quantitative estimate of drug-likeness (QED) is 0.553. The Hall–Kier alpha value is -3.62. The van der Waals surface area contributed by atoms with Crippen molar-refractivity contribution in [2.75, 3.05) is 26.9 Å². The topological polar surface area (TPSA) is 121 Å². The zero-order valence-electron chi connectivity index (χ0n) is 17.0. The van der Waals surface area contributed by atoms with Gasteiger partial charge in [0.25, 0.3) is 11.8 Å².